The molecule has 0 atom stereocenters. The van der Waals surface area contributed by atoms with Gasteiger partial charge in [0.05, 0.1) is 5.57 Å². The molecule has 3 rings (SSSR count). The molecule has 0 radical (unpaired) electrons. The molecule has 0 aliphatic carbocycles. The van der Waals surface area contributed by atoms with E-state index in [1.54, 1.807) is 0 Å². The molecule has 0 fully saturated rings. The number of benzene rings is 2. The molecular weight excluding hydrogens is 639 g/mol. The van der Waals surface area contributed by atoms with E-state index in [2.05, 4.69) is 116 Å². The first-order valence-corrected chi connectivity index (χ1v) is 19.9. The summed E-state index contributed by atoms with van der Waals surface area (Å²) in [5.41, 5.74) is 21.3. The normalized spacial score (nSPS) is 12.5. The minimum atomic E-state index is 0. The Morgan fingerprint density at radius 2 is 1.04 bits per heavy atom. The van der Waals surface area contributed by atoms with E-state index in [1.165, 1.54) is 110 Å². The van der Waals surface area contributed by atoms with Crippen LogP contribution in [0.15, 0.2) is 71.8 Å². The monoisotopic (exact) mass is 711 g/mol. The van der Waals surface area contributed by atoms with E-state index >= 15 is 0 Å². The van der Waals surface area contributed by atoms with Crippen LogP contribution in [-0.4, -0.2) is 4.70 Å². The fourth-order valence-electron chi connectivity index (χ4n) is 5.76. The van der Waals surface area contributed by atoms with Crippen molar-refractivity contribution in [1.29, 1.82) is 0 Å². The molecule has 0 unspecified atom stereocenters. The van der Waals surface area contributed by atoms with Gasteiger partial charge in [0.2, 0.25) is 11.4 Å². The largest absolute Gasteiger partial charge is 2.00 e. The van der Waals surface area contributed by atoms with Gasteiger partial charge in [-0.2, -0.15) is 12.8 Å². The summed E-state index contributed by atoms with van der Waals surface area (Å²) in [6.07, 6.45) is 28.2. The van der Waals surface area contributed by atoms with E-state index in [0.29, 0.717) is 0 Å². The van der Waals surface area contributed by atoms with Crippen LogP contribution in [0.3, 0.4) is 0 Å². The molecule has 276 valence electrons. The van der Waals surface area contributed by atoms with Crippen LogP contribution < -0.4 is 0 Å². The standard InChI is InChI=1S/C38H54N2.2C4H9.Ni/c1-5-9-13-14-15-16-18-28-36-35(27-17-10-6-2)37(33-25-19-23-31(29-33)21-11-7-3)40(39)38(36)34-26-20-24-32(30-34)22-12-8-4;2*1-3-4-2;/h18-20,23-26,28-30H,5-17,21-22,27H2,1-4H3;2*1,3-4H2,2H3;/q;2*-1;+2. The van der Waals surface area contributed by atoms with Crippen molar-refractivity contribution < 1.29 is 21.2 Å². The van der Waals surface area contributed by atoms with Crippen LogP contribution in [0.25, 0.3) is 16.9 Å². The molecule has 3 heteroatoms. The first kappa shape index (κ1) is 46.8. The Morgan fingerprint density at radius 3 is 1.53 bits per heavy atom. The van der Waals surface area contributed by atoms with E-state index in [4.69, 9.17) is 0 Å². The van der Waals surface area contributed by atoms with Crippen LogP contribution in [-0.2, 0) is 29.3 Å². The average molecular weight is 712 g/mol. The molecule has 1 aliphatic rings. The summed E-state index contributed by atoms with van der Waals surface area (Å²) in [4.78, 5) is 0. The molecular formula is C46H72N2Ni. The number of rotatable bonds is 21. The first-order valence-electron chi connectivity index (χ1n) is 19.9. The van der Waals surface area contributed by atoms with Crippen LogP contribution in [0.4, 0.5) is 0 Å². The molecule has 0 saturated carbocycles. The maximum absolute atomic E-state index is 12.0. The molecule has 2 aromatic carbocycles. The Kier molecular flexibility index (Phi) is 29.2. The van der Waals surface area contributed by atoms with Gasteiger partial charge in [-0.1, -0.05) is 142 Å². The van der Waals surface area contributed by atoms with Gasteiger partial charge >= 0.3 is 16.5 Å². The van der Waals surface area contributed by atoms with Crippen LogP contribution in [0, 0.1) is 13.8 Å². The van der Waals surface area contributed by atoms with Crippen LogP contribution in [0.1, 0.15) is 179 Å². The third-order valence-electron chi connectivity index (χ3n) is 8.82. The Balaban J connectivity index is 0.00000230. The summed E-state index contributed by atoms with van der Waals surface area (Å²) in [7, 11) is 0. The molecule has 49 heavy (non-hydrogen) atoms. The third kappa shape index (κ3) is 18.0. The molecule has 0 amide bonds. The van der Waals surface area contributed by atoms with Crippen molar-refractivity contribution in [3.8, 4) is 0 Å². The summed E-state index contributed by atoms with van der Waals surface area (Å²) in [6.45, 7) is 20.5. The molecule has 0 bridgehead atoms. The number of aryl methyl sites for hydroxylation is 2. The Morgan fingerprint density at radius 1 is 0.571 bits per heavy atom. The SMILES string of the molecule is CCCCCCCC=CC1=C(c2cccc(CCCC)c2)[N+](=[N-])C(c2cccc(CCCC)c2)=C1CCCCC.[CH2-]CCC.[CH2-]CCC.[Ni+2]. The Bertz CT molecular complexity index is 1230. The molecule has 0 N–H and O–H groups in total. The fourth-order valence-corrected chi connectivity index (χ4v) is 5.76. The van der Waals surface area contributed by atoms with Crippen molar-refractivity contribution in [2.75, 3.05) is 0 Å². The van der Waals surface area contributed by atoms with Gasteiger partial charge in [0.1, 0.15) is 0 Å². The molecule has 0 aromatic heterocycles. The van der Waals surface area contributed by atoms with Crippen molar-refractivity contribution >= 4 is 11.4 Å². The second-order valence-electron chi connectivity index (χ2n) is 13.3. The minimum Gasteiger partial charge on any atom is -0.493 e. The van der Waals surface area contributed by atoms with Crippen LogP contribution in [0.5, 0.6) is 0 Å². The summed E-state index contributed by atoms with van der Waals surface area (Å²) in [5, 5.41) is 0. The Hall–Kier alpha value is -2.25. The molecule has 2 aromatic rings. The fraction of sp³-hybridized carbons (Fsp3) is 0.565. The van der Waals surface area contributed by atoms with E-state index in [1.807, 2.05) is 0 Å². The van der Waals surface area contributed by atoms with Crippen molar-refractivity contribution in [2.24, 2.45) is 0 Å². The van der Waals surface area contributed by atoms with Gasteiger partial charge in [0, 0.05) is 16.7 Å². The molecule has 1 heterocycles. The van der Waals surface area contributed by atoms with Crippen molar-refractivity contribution in [2.45, 2.75) is 170 Å². The van der Waals surface area contributed by atoms with Crippen molar-refractivity contribution in [3.63, 3.8) is 0 Å². The second kappa shape index (κ2) is 30.6. The van der Waals surface area contributed by atoms with Gasteiger partial charge in [-0.05, 0) is 86.8 Å². The number of allylic oxidation sites excluding steroid dienone is 4. The van der Waals surface area contributed by atoms with Crippen molar-refractivity contribution in [1.82, 2.24) is 0 Å². The maximum atomic E-state index is 12.0. The Labute approximate surface area is 314 Å². The summed E-state index contributed by atoms with van der Waals surface area (Å²) >= 11 is 0. The topological polar surface area (TPSA) is 25.3 Å². The van der Waals surface area contributed by atoms with Gasteiger partial charge < -0.3 is 19.4 Å². The predicted octanol–water partition coefficient (Wildman–Crippen LogP) is 15.3. The number of hydrogen-bond donors (Lipinski definition) is 0. The van der Waals surface area contributed by atoms with Gasteiger partial charge in [0.25, 0.3) is 0 Å². The minimum absolute atomic E-state index is 0. The quantitative estimate of drug-likeness (QED) is 0.0533. The van der Waals surface area contributed by atoms with Crippen molar-refractivity contribution in [3.05, 3.63) is 113 Å². The smallest absolute Gasteiger partial charge is 0.493 e. The van der Waals surface area contributed by atoms with Gasteiger partial charge in [-0.25, -0.2) is 4.70 Å². The zero-order chi connectivity index (χ0) is 35.4. The third-order valence-corrected chi connectivity index (χ3v) is 8.82. The van der Waals surface area contributed by atoms with Crippen LogP contribution >= 0.6 is 0 Å². The number of nitrogens with zero attached hydrogens (tertiary/aromatic N) is 2. The molecule has 1 aliphatic heterocycles. The number of hydrogen-bond acceptors (Lipinski definition) is 0. The molecule has 0 saturated heterocycles. The van der Waals surface area contributed by atoms with E-state index in [0.717, 1.165) is 67.5 Å². The van der Waals surface area contributed by atoms with E-state index in [9.17, 15) is 5.53 Å². The zero-order valence-corrected chi connectivity index (χ0v) is 33.5. The van der Waals surface area contributed by atoms with Gasteiger partial charge in [0.15, 0.2) is 0 Å². The van der Waals surface area contributed by atoms with E-state index in [-0.39, 0.29) is 16.5 Å². The van der Waals surface area contributed by atoms with Gasteiger partial charge in [-0.3, -0.25) is 0 Å². The zero-order valence-electron chi connectivity index (χ0n) is 32.5. The maximum Gasteiger partial charge on any atom is 2.00 e. The van der Waals surface area contributed by atoms with Crippen LogP contribution in [0.2, 0.25) is 0 Å². The summed E-state index contributed by atoms with van der Waals surface area (Å²) in [5.74, 6) is 0. The average Bonchev–Trinajstić information content (AvgIpc) is 3.40. The number of unbranched alkanes of at least 4 members (excludes halogenated alkanes) is 11. The first-order chi connectivity index (χ1) is 23.5. The summed E-state index contributed by atoms with van der Waals surface area (Å²) in [6, 6.07) is 17.8. The van der Waals surface area contributed by atoms with E-state index < -0.39 is 0 Å². The molecule has 0 spiro atoms. The summed E-state index contributed by atoms with van der Waals surface area (Å²) < 4.78 is 1.53. The molecule has 2 nitrogen and oxygen atoms in total. The second-order valence-corrected chi connectivity index (χ2v) is 13.3. The predicted molar refractivity (Wildman–Crippen MR) is 215 cm³/mol. The van der Waals surface area contributed by atoms with Gasteiger partial charge in [-0.15, -0.1) is 0 Å².